The Labute approximate surface area is 231 Å². The highest BCUT2D eigenvalue weighted by Crippen LogP contribution is 2.27. The van der Waals surface area contributed by atoms with Gasteiger partial charge in [-0.2, -0.15) is 5.10 Å². The zero-order valence-electron chi connectivity index (χ0n) is 22.6. The summed E-state index contributed by atoms with van der Waals surface area (Å²) in [5, 5.41) is 6.45. The maximum atomic E-state index is 13.0. The second kappa shape index (κ2) is 9.77. The number of hydrogen-bond donors (Lipinski definition) is 1. The van der Waals surface area contributed by atoms with Crippen LogP contribution in [0.2, 0.25) is 0 Å². The van der Waals surface area contributed by atoms with E-state index in [2.05, 4.69) is 51.0 Å². The van der Waals surface area contributed by atoms with Crippen molar-refractivity contribution in [2.24, 2.45) is 7.05 Å². The molecule has 0 atom stereocenters. The van der Waals surface area contributed by atoms with Crippen molar-refractivity contribution in [3.05, 3.63) is 90.6 Å². The van der Waals surface area contributed by atoms with Gasteiger partial charge in [0, 0.05) is 85.5 Å². The fraction of sp³-hybridized carbons (Fsp3) is 0.226. The van der Waals surface area contributed by atoms with Crippen molar-refractivity contribution in [2.75, 3.05) is 33.2 Å². The van der Waals surface area contributed by atoms with Gasteiger partial charge in [0.1, 0.15) is 11.3 Å². The lowest BCUT2D eigenvalue weighted by Crippen LogP contribution is -2.47. The van der Waals surface area contributed by atoms with Gasteiger partial charge in [-0.05, 0) is 54.6 Å². The van der Waals surface area contributed by atoms with Gasteiger partial charge in [-0.3, -0.25) is 9.48 Å². The van der Waals surface area contributed by atoms with Crippen LogP contribution >= 0.6 is 0 Å². The summed E-state index contributed by atoms with van der Waals surface area (Å²) in [6.07, 6.45) is 9.80. The molecule has 1 amide bonds. The van der Waals surface area contributed by atoms with Gasteiger partial charge < -0.3 is 19.4 Å². The van der Waals surface area contributed by atoms with Crippen LogP contribution in [0.5, 0.6) is 0 Å². The summed E-state index contributed by atoms with van der Waals surface area (Å²) in [6.45, 7) is 4.02. The monoisotopic (exact) mass is 530 g/mol. The lowest BCUT2D eigenvalue weighted by molar-refractivity contribution is 0.0664. The summed E-state index contributed by atoms with van der Waals surface area (Å²) in [5.41, 5.74) is 7.58. The zero-order chi connectivity index (χ0) is 27.2. The molecule has 1 N–H and O–H groups in total. The summed E-state index contributed by atoms with van der Waals surface area (Å²) in [7, 11) is 4.00. The van der Waals surface area contributed by atoms with Gasteiger partial charge >= 0.3 is 0 Å². The highest BCUT2D eigenvalue weighted by Gasteiger charge is 2.20. The van der Waals surface area contributed by atoms with Crippen LogP contribution in [-0.4, -0.2) is 78.2 Å². The van der Waals surface area contributed by atoms with Crippen molar-refractivity contribution < 1.29 is 4.79 Å². The average Bonchev–Trinajstić information content (AvgIpc) is 3.72. The second-order valence-corrected chi connectivity index (χ2v) is 10.6. The van der Waals surface area contributed by atoms with Crippen molar-refractivity contribution >= 4 is 28.0 Å². The first-order chi connectivity index (χ1) is 19.5. The Morgan fingerprint density at radius 2 is 1.75 bits per heavy atom. The Morgan fingerprint density at radius 3 is 2.52 bits per heavy atom. The predicted molar refractivity (Wildman–Crippen MR) is 156 cm³/mol. The number of rotatable bonds is 5. The smallest absolute Gasteiger partial charge is 0.253 e. The number of likely N-dealkylation sites (N-methyl/N-ethyl adjacent to an activating group) is 1. The van der Waals surface area contributed by atoms with Crippen LogP contribution < -0.4 is 0 Å². The van der Waals surface area contributed by atoms with E-state index >= 15 is 0 Å². The molecule has 0 radical (unpaired) electrons. The van der Waals surface area contributed by atoms with E-state index < -0.39 is 0 Å². The van der Waals surface area contributed by atoms with Gasteiger partial charge in [-0.1, -0.05) is 12.1 Å². The van der Waals surface area contributed by atoms with E-state index in [1.807, 2.05) is 67.1 Å². The van der Waals surface area contributed by atoms with Gasteiger partial charge in [-0.15, -0.1) is 0 Å². The molecule has 200 valence electrons. The van der Waals surface area contributed by atoms with Crippen LogP contribution in [-0.2, 0) is 13.6 Å². The number of carbonyl (C=O) groups is 1. The third kappa shape index (κ3) is 4.44. The summed E-state index contributed by atoms with van der Waals surface area (Å²) in [4.78, 5) is 30.1. The van der Waals surface area contributed by atoms with Crippen LogP contribution in [0.15, 0.2) is 79.5 Å². The van der Waals surface area contributed by atoms with Crippen molar-refractivity contribution in [3.8, 4) is 22.4 Å². The number of benzene rings is 1. The molecule has 6 aromatic rings. The number of carbonyl (C=O) groups excluding carboxylic acids is 1. The third-order valence-electron chi connectivity index (χ3n) is 7.83. The standard InChI is InChI=1S/C31H30N8O/c1-36-11-13-38(14-12-36)31(40)23-5-3-21(4-6-23)24-15-27-25(17-33-29(27)32-16-24)20-39-10-9-22-7-8-28(35-30(22)39)26-18-34-37(2)19-26/h3-10,15-19H,11-14,20H2,1-2H3,(H,32,33). The van der Waals surface area contributed by atoms with Crippen molar-refractivity contribution in [2.45, 2.75) is 6.54 Å². The van der Waals surface area contributed by atoms with Gasteiger partial charge in [0.2, 0.25) is 0 Å². The highest BCUT2D eigenvalue weighted by atomic mass is 16.2. The van der Waals surface area contributed by atoms with E-state index in [0.717, 1.165) is 81.8 Å². The van der Waals surface area contributed by atoms with E-state index in [0.29, 0.717) is 6.54 Å². The molecule has 0 unspecified atom stereocenters. The molecule has 9 nitrogen and oxygen atoms in total. The third-order valence-corrected chi connectivity index (χ3v) is 7.83. The van der Waals surface area contributed by atoms with Gasteiger partial charge in [0.25, 0.3) is 5.91 Å². The first kappa shape index (κ1) is 24.3. The number of H-pyrrole nitrogens is 1. The Hall–Kier alpha value is -4.76. The SMILES string of the molecule is CN1CCN(C(=O)c2ccc(-c3cnc4[nH]cc(Cn5ccc6ccc(-c7cnn(C)c7)nc65)c4c3)cc2)CC1. The molecule has 9 heteroatoms. The highest BCUT2D eigenvalue weighted by molar-refractivity contribution is 5.95. The van der Waals surface area contributed by atoms with Crippen molar-refractivity contribution in [3.63, 3.8) is 0 Å². The van der Waals surface area contributed by atoms with E-state index in [1.54, 1.807) is 4.68 Å². The molecule has 0 bridgehead atoms. The molecule has 1 aromatic carbocycles. The minimum absolute atomic E-state index is 0.0976. The molecule has 1 fully saturated rings. The molecular weight excluding hydrogens is 500 g/mol. The predicted octanol–water partition coefficient (Wildman–Crippen LogP) is 4.42. The number of hydrogen-bond acceptors (Lipinski definition) is 5. The lowest BCUT2D eigenvalue weighted by atomic mass is 10.0. The number of nitrogens with zero attached hydrogens (tertiary/aromatic N) is 7. The van der Waals surface area contributed by atoms with E-state index in [9.17, 15) is 4.79 Å². The zero-order valence-corrected chi connectivity index (χ0v) is 22.6. The van der Waals surface area contributed by atoms with Crippen LogP contribution in [0.1, 0.15) is 15.9 Å². The molecular formula is C31H30N8O. The first-order valence-corrected chi connectivity index (χ1v) is 13.5. The quantitative estimate of drug-likeness (QED) is 0.357. The lowest BCUT2D eigenvalue weighted by Gasteiger charge is -2.32. The maximum absolute atomic E-state index is 13.0. The summed E-state index contributed by atoms with van der Waals surface area (Å²) >= 11 is 0. The van der Waals surface area contributed by atoms with Crippen LogP contribution in [0.4, 0.5) is 0 Å². The number of aryl methyl sites for hydroxylation is 1. The van der Waals surface area contributed by atoms with Crippen molar-refractivity contribution in [1.29, 1.82) is 0 Å². The van der Waals surface area contributed by atoms with Gasteiger partial charge in [0.15, 0.2) is 0 Å². The van der Waals surface area contributed by atoms with Gasteiger partial charge in [0.05, 0.1) is 18.4 Å². The molecule has 1 saturated heterocycles. The minimum atomic E-state index is 0.0976. The molecule has 6 heterocycles. The Kier molecular flexibility index (Phi) is 5.93. The molecule has 0 aliphatic carbocycles. The topological polar surface area (TPSA) is 87.9 Å². The number of piperazine rings is 1. The summed E-state index contributed by atoms with van der Waals surface area (Å²) in [6, 6.07) is 16.3. The summed E-state index contributed by atoms with van der Waals surface area (Å²) < 4.78 is 3.96. The summed E-state index contributed by atoms with van der Waals surface area (Å²) in [5.74, 6) is 0.0976. The molecule has 5 aromatic heterocycles. The number of nitrogens with one attached hydrogen (secondary N) is 1. The normalized spacial score (nSPS) is 14.4. The number of fused-ring (bicyclic) bond motifs is 2. The maximum Gasteiger partial charge on any atom is 0.253 e. The number of aromatic nitrogens is 6. The number of aromatic amines is 1. The van der Waals surface area contributed by atoms with Gasteiger partial charge in [-0.25, -0.2) is 9.97 Å². The fourth-order valence-corrected chi connectivity index (χ4v) is 5.43. The second-order valence-electron chi connectivity index (χ2n) is 10.6. The molecule has 40 heavy (non-hydrogen) atoms. The largest absolute Gasteiger partial charge is 0.346 e. The van der Waals surface area contributed by atoms with E-state index in [4.69, 9.17) is 9.97 Å². The van der Waals surface area contributed by atoms with Crippen molar-refractivity contribution in [1.82, 2.24) is 39.1 Å². The number of pyridine rings is 2. The molecule has 1 aliphatic heterocycles. The van der Waals surface area contributed by atoms with E-state index in [1.165, 1.54) is 0 Å². The molecule has 1 aliphatic rings. The van der Waals surface area contributed by atoms with Crippen LogP contribution in [0.25, 0.3) is 44.5 Å². The van der Waals surface area contributed by atoms with Crippen LogP contribution in [0.3, 0.4) is 0 Å². The first-order valence-electron chi connectivity index (χ1n) is 13.5. The Bertz CT molecular complexity index is 1840. The molecule has 0 spiro atoms. The minimum Gasteiger partial charge on any atom is -0.346 e. The molecule has 0 saturated carbocycles. The fourth-order valence-electron chi connectivity index (χ4n) is 5.43. The Balaban J connectivity index is 1.15. The van der Waals surface area contributed by atoms with E-state index in [-0.39, 0.29) is 5.91 Å². The number of amides is 1. The average molecular weight is 531 g/mol. The Morgan fingerprint density at radius 1 is 0.925 bits per heavy atom. The molecule has 7 rings (SSSR count). The van der Waals surface area contributed by atoms with Crippen LogP contribution in [0, 0.1) is 0 Å².